The molecule has 2 aromatic rings. The number of nitrogens with zero attached hydrogens (tertiary/aromatic N) is 1. The lowest BCUT2D eigenvalue weighted by Crippen LogP contribution is -2.28. The maximum absolute atomic E-state index is 13.8. The van der Waals surface area contributed by atoms with Crippen molar-refractivity contribution in [2.24, 2.45) is 0 Å². The fraction of sp³-hybridized carbons (Fsp3) is 0.312. The first-order valence-corrected chi connectivity index (χ1v) is 9.14. The van der Waals surface area contributed by atoms with Crippen LogP contribution in [0.4, 0.5) is 10.1 Å². The summed E-state index contributed by atoms with van der Waals surface area (Å²) in [5.74, 6) is -2.56. The van der Waals surface area contributed by atoms with Gasteiger partial charge in [0.15, 0.2) is 17.3 Å². The molecule has 1 aromatic carbocycles. The standard InChI is InChI=1S/C16H17FN2O5S/c1-10-14(25(22,23)19-7-2-3-8-19)9-13(24-10)16(21)18-11-5-4-6-12(20)15(11)17/h4-6,9,20H,2-3,7-8H2,1H3,(H,18,21). The third kappa shape index (κ3) is 3.24. The van der Waals surface area contributed by atoms with Crippen molar-refractivity contribution < 1.29 is 27.1 Å². The number of benzene rings is 1. The van der Waals surface area contributed by atoms with Crippen molar-refractivity contribution >= 4 is 21.6 Å². The molecule has 1 aliphatic rings. The van der Waals surface area contributed by atoms with E-state index in [-0.39, 0.29) is 22.1 Å². The van der Waals surface area contributed by atoms with Gasteiger partial charge in [0.1, 0.15) is 10.7 Å². The Labute approximate surface area is 144 Å². The minimum absolute atomic E-state index is 0.0732. The first kappa shape index (κ1) is 17.4. The minimum Gasteiger partial charge on any atom is -0.505 e. The van der Waals surface area contributed by atoms with Crippen molar-refractivity contribution in [1.29, 1.82) is 0 Å². The Morgan fingerprint density at radius 2 is 2.00 bits per heavy atom. The molecule has 1 fully saturated rings. The van der Waals surface area contributed by atoms with Gasteiger partial charge in [-0.3, -0.25) is 4.79 Å². The topological polar surface area (TPSA) is 99.8 Å². The van der Waals surface area contributed by atoms with Crippen LogP contribution in [0.3, 0.4) is 0 Å². The summed E-state index contributed by atoms with van der Waals surface area (Å²) in [6.45, 7) is 2.32. The molecule has 1 aliphatic heterocycles. The lowest BCUT2D eigenvalue weighted by atomic mass is 10.2. The number of rotatable bonds is 4. The summed E-state index contributed by atoms with van der Waals surface area (Å²) >= 11 is 0. The summed E-state index contributed by atoms with van der Waals surface area (Å²) in [4.78, 5) is 12.2. The van der Waals surface area contributed by atoms with Gasteiger partial charge < -0.3 is 14.8 Å². The van der Waals surface area contributed by atoms with Gasteiger partial charge in [0, 0.05) is 19.2 Å². The second kappa shape index (κ2) is 6.49. The van der Waals surface area contributed by atoms with Crippen LogP contribution in [0, 0.1) is 12.7 Å². The Hall–Kier alpha value is -2.39. The number of phenols is 1. The van der Waals surface area contributed by atoms with Gasteiger partial charge in [-0.2, -0.15) is 4.31 Å². The van der Waals surface area contributed by atoms with E-state index >= 15 is 0 Å². The predicted molar refractivity (Wildman–Crippen MR) is 87.5 cm³/mol. The van der Waals surface area contributed by atoms with Crippen LogP contribution >= 0.6 is 0 Å². The van der Waals surface area contributed by atoms with Gasteiger partial charge in [0.2, 0.25) is 10.0 Å². The van der Waals surface area contributed by atoms with Crippen LogP contribution in [0.2, 0.25) is 0 Å². The molecule has 25 heavy (non-hydrogen) atoms. The first-order chi connectivity index (χ1) is 11.8. The van der Waals surface area contributed by atoms with Crippen molar-refractivity contribution in [1.82, 2.24) is 4.31 Å². The smallest absolute Gasteiger partial charge is 0.291 e. The van der Waals surface area contributed by atoms with Crippen molar-refractivity contribution in [3.8, 4) is 5.75 Å². The van der Waals surface area contributed by atoms with Gasteiger partial charge in [-0.15, -0.1) is 0 Å². The second-order valence-electron chi connectivity index (χ2n) is 5.74. The average Bonchev–Trinajstić information content (AvgIpc) is 3.21. The summed E-state index contributed by atoms with van der Waals surface area (Å²) in [7, 11) is -3.72. The zero-order chi connectivity index (χ0) is 18.2. The van der Waals surface area contributed by atoms with Crippen LogP contribution in [-0.4, -0.2) is 36.8 Å². The summed E-state index contributed by atoms with van der Waals surface area (Å²) < 4.78 is 45.5. The number of nitrogens with one attached hydrogen (secondary N) is 1. The zero-order valence-electron chi connectivity index (χ0n) is 13.5. The number of sulfonamides is 1. The van der Waals surface area contributed by atoms with E-state index in [0.29, 0.717) is 13.1 Å². The van der Waals surface area contributed by atoms with E-state index < -0.39 is 27.5 Å². The normalized spacial score (nSPS) is 15.4. The van der Waals surface area contributed by atoms with Crippen molar-refractivity contribution in [3.05, 3.63) is 41.6 Å². The zero-order valence-corrected chi connectivity index (χ0v) is 14.3. The molecule has 3 rings (SSSR count). The molecule has 1 amide bonds. The molecule has 9 heteroatoms. The highest BCUT2D eigenvalue weighted by Crippen LogP contribution is 2.28. The molecule has 0 spiro atoms. The maximum Gasteiger partial charge on any atom is 0.291 e. The lowest BCUT2D eigenvalue weighted by molar-refractivity contribution is 0.0995. The number of carbonyl (C=O) groups is 1. The van der Waals surface area contributed by atoms with Gasteiger partial charge in [-0.1, -0.05) is 6.07 Å². The molecule has 0 saturated carbocycles. The van der Waals surface area contributed by atoms with Gasteiger partial charge in [0.05, 0.1) is 5.69 Å². The number of anilines is 1. The Kier molecular flexibility index (Phi) is 4.53. The van der Waals surface area contributed by atoms with Gasteiger partial charge in [-0.25, -0.2) is 12.8 Å². The predicted octanol–water partition coefficient (Wildman–Crippen LogP) is 2.47. The number of aryl methyl sites for hydroxylation is 1. The van der Waals surface area contributed by atoms with Crippen LogP contribution in [0.25, 0.3) is 0 Å². The number of phenolic OH excluding ortho intramolecular Hbond substituents is 1. The number of carbonyl (C=O) groups excluding carboxylic acids is 1. The SMILES string of the molecule is Cc1oc(C(=O)Nc2cccc(O)c2F)cc1S(=O)(=O)N1CCCC1. The van der Waals surface area contributed by atoms with E-state index in [4.69, 9.17) is 4.42 Å². The highest BCUT2D eigenvalue weighted by molar-refractivity contribution is 7.89. The Bertz CT molecular complexity index is 917. The molecule has 0 atom stereocenters. The highest BCUT2D eigenvalue weighted by Gasteiger charge is 2.31. The van der Waals surface area contributed by atoms with E-state index in [1.165, 1.54) is 23.4 Å². The van der Waals surface area contributed by atoms with E-state index in [2.05, 4.69) is 5.32 Å². The third-order valence-electron chi connectivity index (χ3n) is 4.01. The highest BCUT2D eigenvalue weighted by atomic mass is 32.2. The van der Waals surface area contributed by atoms with Gasteiger partial charge >= 0.3 is 0 Å². The Balaban J connectivity index is 1.87. The maximum atomic E-state index is 13.8. The fourth-order valence-corrected chi connectivity index (χ4v) is 4.38. The number of hydrogen-bond donors (Lipinski definition) is 2. The largest absolute Gasteiger partial charge is 0.505 e. The number of amides is 1. The van der Waals surface area contributed by atoms with Crippen molar-refractivity contribution in [2.75, 3.05) is 18.4 Å². The molecular weight excluding hydrogens is 351 g/mol. The monoisotopic (exact) mass is 368 g/mol. The van der Waals surface area contributed by atoms with Crippen LogP contribution in [0.1, 0.15) is 29.2 Å². The van der Waals surface area contributed by atoms with E-state index in [9.17, 15) is 22.7 Å². The van der Waals surface area contributed by atoms with Crippen molar-refractivity contribution in [3.63, 3.8) is 0 Å². The van der Waals surface area contributed by atoms with Crippen LogP contribution < -0.4 is 5.32 Å². The molecule has 1 aromatic heterocycles. The number of aromatic hydroxyl groups is 1. The molecule has 1 saturated heterocycles. The summed E-state index contributed by atoms with van der Waals surface area (Å²) in [6, 6.07) is 4.91. The van der Waals surface area contributed by atoms with Crippen LogP contribution in [0.5, 0.6) is 5.75 Å². The minimum atomic E-state index is -3.72. The number of furan rings is 1. The number of hydrogen-bond acceptors (Lipinski definition) is 5. The molecule has 0 radical (unpaired) electrons. The Morgan fingerprint density at radius 3 is 2.68 bits per heavy atom. The summed E-state index contributed by atoms with van der Waals surface area (Å²) in [6.07, 6.45) is 1.58. The average molecular weight is 368 g/mol. The molecule has 134 valence electrons. The Morgan fingerprint density at radius 1 is 1.32 bits per heavy atom. The fourth-order valence-electron chi connectivity index (χ4n) is 2.70. The van der Waals surface area contributed by atoms with Gasteiger partial charge in [0.25, 0.3) is 5.91 Å². The second-order valence-corrected chi connectivity index (χ2v) is 7.64. The molecule has 2 heterocycles. The molecule has 0 bridgehead atoms. The summed E-state index contributed by atoms with van der Waals surface area (Å²) in [5.41, 5.74) is -0.233. The lowest BCUT2D eigenvalue weighted by Gasteiger charge is -2.14. The third-order valence-corrected chi connectivity index (χ3v) is 6.01. The van der Waals surface area contributed by atoms with Crippen LogP contribution in [0.15, 0.2) is 33.6 Å². The molecule has 7 nitrogen and oxygen atoms in total. The van der Waals surface area contributed by atoms with Crippen molar-refractivity contribution in [2.45, 2.75) is 24.7 Å². The van der Waals surface area contributed by atoms with E-state index in [1.807, 2.05) is 0 Å². The number of halogens is 1. The van der Waals surface area contributed by atoms with Gasteiger partial charge in [-0.05, 0) is 31.9 Å². The molecule has 0 unspecified atom stereocenters. The van der Waals surface area contributed by atoms with E-state index in [0.717, 1.165) is 25.0 Å². The molecular formula is C16H17FN2O5S. The van der Waals surface area contributed by atoms with Crippen LogP contribution in [-0.2, 0) is 10.0 Å². The quantitative estimate of drug-likeness (QED) is 0.864. The molecule has 2 N–H and O–H groups in total. The molecule has 0 aliphatic carbocycles. The first-order valence-electron chi connectivity index (χ1n) is 7.70. The van der Waals surface area contributed by atoms with E-state index in [1.54, 1.807) is 0 Å². The summed E-state index contributed by atoms with van der Waals surface area (Å²) in [5, 5.41) is 11.6.